The fourth-order valence-electron chi connectivity index (χ4n) is 3.87. The van der Waals surface area contributed by atoms with Crippen molar-refractivity contribution in [1.82, 2.24) is 14.5 Å². The highest BCUT2D eigenvalue weighted by Crippen LogP contribution is 2.28. The Kier molecular flexibility index (Phi) is 8.22. The second-order valence-electron chi connectivity index (χ2n) is 8.45. The first-order chi connectivity index (χ1) is 18.4. The van der Waals surface area contributed by atoms with Crippen molar-refractivity contribution in [2.45, 2.75) is 19.3 Å². The van der Waals surface area contributed by atoms with Crippen LogP contribution < -0.4 is 15.7 Å². The Bertz CT molecular complexity index is 1600. The van der Waals surface area contributed by atoms with Crippen LogP contribution in [0.4, 0.5) is 18.9 Å². The Hall–Kier alpha value is -3.96. The summed E-state index contributed by atoms with van der Waals surface area (Å²) in [6, 6.07) is 15.3. The van der Waals surface area contributed by atoms with Gasteiger partial charge < -0.3 is 24.3 Å². The van der Waals surface area contributed by atoms with Crippen molar-refractivity contribution >= 4 is 51.8 Å². The maximum atomic E-state index is 12.5. The summed E-state index contributed by atoms with van der Waals surface area (Å²) in [7, 11) is 1.77. The van der Waals surface area contributed by atoms with Crippen molar-refractivity contribution in [2.75, 3.05) is 6.54 Å². The molecular weight excluding hydrogens is 560 g/mol. The van der Waals surface area contributed by atoms with E-state index in [1.165, 1.54) is 24.3 Å². The van der Waals surface area contributed by atoms with E-state index in [4.69, 9.17) is 28.3 Å². The molecule has 3 aromatic carbocycles. The standard InChI is InChI=1S/C26H21Cl2F3N4O4/c1-34-21-12-19(27)20(28)13-22(21)35(25(34)33-17-6-8-18(9-7-17)39-26(29,30)31)14-15-2-4-16(5-3-15)24(38)32-11-10-23(36)37/h2-9,12-13H,10-11,14H2,1H3,(H,32,38)(H,36,37)/b33-25+. The van der Waals surface area contributed by atoms with Crippen LogP contribution in [0.2, 0.25) is 10.0 Å². The molecule has 1 amide bonds. The number of carboxylic acids is 1. The van der Waals surface area contributed by atoms with E-state index in [0.717, 1.165) is 11.1 Å². The molecule has 4 rings (SSSR count). The van der Waals surface area contributed by atoms with E-state index in [9.17, 15) is 22.8 Å². The molecular formula is C26H21Cl2F3N4O4. The Labute approximate surface area is 229 Å². The zero-order valence-electron chi connectivity index (χ0n) is 20.3. The summed E-state index contributed by atoms with van der Waals surface area (Å²) in [6.45, 7) is 0.323. The molecule has 4 aromatic rings. The minimum atomic E-state index is -4.80. The molecule has 39 heavy (non-hydrogen) atoms. The number of nitrogens with zero attached hydrogens (tertiary/aromatic N) is 3. The minimum absolute atomic E-state index is 0.0132. The number of imidazole rings is 1. The number of alkyl halides is 3. The molecule has 0 saturated carbocycles. The van der Waals surface area contributed by atoms with E-state index in [2.05, 4.69) is 15.0 Å². The molecule has 0 radical (unpaired) electrons. The van der Waals surface area contributed by atoms with Crippen molar-refractivity contribution < 1.29 is 32.6 Å². The number of carbonyl (C=O) groups is 2. The van der Waals surface area contributed by atoms with Gasteiger partial charge in [0, 0.05) is 19.2 Å². The molecule has 8 nitrogen and oxygen atoms in total. The normalized spacial score (nSPS) is 12.1. The van der Waals surface area contributed by atoms with Gasteiger partial charge >= 0.3 is 12.3 Å². The molecule has 0 aliphatic carbocycles. The fraction of sp³-hybridized carbons (Fsp3) is 0.192. The molecule has 2 N–H and O–H groups in total. The summed E-state index contributed by atoms with van der Waals surface area (Å²) < 4.78 is 45.1. The lowest BCUT2D eigenvalue weighted by Gasteiger charge is -2.09. The Balaban J connectivity index is 1.70. The molecule has 0 saturated heterocycles. The maximum Gasteiger partial charge on any atom is 0.573 e. The number of carboxylic acid groups (broad SMARTS) is 1. The Morgan fingerprint density at radius 2 is 1.62 bits per heavy atom. The number of hydrogen-bond donors (Lipinski definition) is 2. The van der Waals surface area contributed by atoms with Gasteiger partial charge in [0.1, 0.15) is 5.75 Å². The summed E-state index contributed by atoms with van der Waals surface area (Å²) in [4.78, 5) is 27.6. The lowest BCUT2D eigenvalue weighted by atomic mass is 10.1. The highest BCUT2D eigenvalue weighted by molar-refractivity contribution is 6.42. The zero-order valence-corrected chi connectivity index (χ0v) is 21.8. The summed E-state index contributed by atoms with van der Waals surface area (Å²) in [6.07, 6.45) is -4.98. The van der Waals surface area contributed by atoms with Gasteiger partial charge in [0.25, 0.3) is 5.91 Å². The van der Waals surface area contributed by atoms with Crippen LogP contribution in [0.1, 0.15) is 22.3 Å². The third-order valence-corrected chi connectivity index (χ3v) is 6.41. The number of carbonyl (C=O) groups excluding carboxylic acids is 1. The first-order valence-electron chi connectivity index (χ1n) is 11.4. The van der Waals surface area contributed by atoms with Gasteiger partial charge in [-0.05, 0) is 54.1 Å². The van der Waals surface area contributed by atoms with Crippen molar-refractivity contribution in [3.63, 3.8) is 0 Å². The first kappa shape index (κ1) is 28.1. The second-order valence-corrected chi connectivity index (χ2v) is 9.26. The van der Waals surface area contributed by atoms with Crippen LogP contribution in [0.5, 0.6) is 5.75 Å². The van der Waals surface area contributed by atoms with Crippen LogP contribution in [0.15, 0.2) is 65.7 Å². The number of ether oxygens (including phenoxy) is 1. The summed E-state index contributed by atoms with van der Waals surface area (Å²) >= 11 is 12.6. The van der Waals surface area contributed by atoms with Gasteiger partial charge in [0.15, 0.2) is 0 Å². The smallest absolute Gasteiger partial charge is 0.481 e. The van der Waals surface area contributed by atoms with E-state index in [1.807, 2.05) is 4.57 Å². The summed E-state index contributed by atoms with van der Waals surface area (Å²) in [5.74, 6) is -1.77. The number of aryl methyl sites for hydroxylation is 1. The van der Waals surface area contributed by atoms with Gasteiger partial charge in [-0.3, -0.25) is 9.59 Å². The summed E-state index contributed by atoms with van der Waals surface area (Å²) in [5, 5.41) is 11.9. The minimum Gasteiger partial charge on any atom is -0.481 e. The predicted octanol–water partition coefficient (Wildman–Crippen LogP) is 5.67. The SMILES string of the molecule is Cn1/c(=N\c2ccc(OC(F)(F)F)cc2)n(Cc2ccc(C(=O)NCCC(=O)O)cc2)c2cc(Cl)c(Cl)cc21. The lowest BCUT2D eigenvalue weighted by Crippen LogP contribution is -2.26. The molecule has 1 aromatic heterocycles. The monoisotopic (exact) mass is 580 g/mol. The molecule has 0 unspecified atom stereocenters. The fourth-order valence-corrected chi connectivity index (χ4v) is 4.18. The Morgan fingerprint density at radius 1 is 1.00 bits per heavy atom. The van der Waals surface area contributed by atoms with Gasteiger partial charge in [-0.15, -0.1) is 13.2 Å². The number of nitrogens with one attached hydrogen (secondary N) is 1. The molecule has 13 heteroatoms. The first-order valence-corrected chi connectivity index (χ1v) is 12.2. The van der Waals surface area contributed by atoms with E-state index in [0.29, 0.717) is 39.0 Å². The number of benzene rings is 3. The second kappa shape index (κ2) is 11.4. The third kappa shape index (κ3) is 6.92. The van der Waals surface area contributed by atoms with Crippen LogP contribution in [-0.4, -0.2) is 39.0 Å². The van der Waals surface area contributed by atoms with Crippen LogP contribution in [0.25, 0.3) is 11.0 Å². The molecule has 0 atom stereocenters. The number of aromatic nitrogens is 2. The number of amides is 1. The average molecular weight is 581 g/mol. The van der Waals surface area contributed by atoms with Gasteiger partial charge in [-0.2, -0.15) is 0 Å². The highest BCUT2D eigenvalue weighted by Gasteiger charge is 2.31. The molecule has 0 bridgehead atoms. The number of rotatable bonds is 8. The van der Waals surface area contributed by atoms with Crippen molar-refractivity contribution in [3.8, 4) is 5.75 Å². The van der Waals surface area contributed by atoms with Crippen molar-refractivity contribution in [2.24, 2.45) is 12.0 Å². The zero-order chi connectivity index (χ0) is 28.3. The van der Waals surface area contributed by atoms with E-state index >= 15 is 0 Å². The largest absolute Gasteiger partial charge is 0.573 e. The van der Waals surface area contributed by atoms with E-state index < -0.39 is 18.2 Å². The molecule has 0 fully saturated rings. The Morgan fingerprint density at radius 3 is 2.21 bits per heavy atom. The highest BCUT2D eigenvalue weighted by atomic mass is 35.5. The number of aliphatic carboxylic acids is 1. The third-order valence-electron chi connectivity index (χ3n) is 5.69. The number of fused-ring (bicyclic) bond motifs is 1. The van der Waals surface area contributed by atoms with Gasteiger partial charge in [-0.1, -0.05) is 35.3 Å². The van der Waals surface area contributed by atoms with Gasteiger partial charge in [-0.25, -0.2) is 4.99 Å². The molecule has 0 spiro atoms. The van der Waals surface area contributed by atoms with Crippen LogP contribution in [0, 0.1) is 0 Å². The summed E-state index contributed by atoms with van der Waals surface area (Å²) in [5.41, 5.74) is 3.45. The average Bonchev–Trinajstić information content (AvgIpc) is 3.10. The van der Waals surface area contributed by atoms with Crippen LogP contribution in [0.3, 0.4) is 0 Å². The van der Waals surface area contributed by atoms with E-state index in [-0.39, 0.29) is 18.7 Å². The maximum absolute atomic E-state index is 12.5. The molecule has 1 heterocycles. The van der Waals surface area contributed by atoms with Crippen LogP contribution >= 0.6 is 23.2 Å². The molecule has 0 aliphatic heterocycles. The molecule has 204 valence electrons. The van der Waals surface area contributed by atoms with Gasteiger partial charge in [0.05, 0.1) is 39.7 Å². The van der Waals surface area contributed by atoms with Crippen molar-refractivity contribution in [1.29, 1.82) is 0 Å². The van der Waals surface area contributed by atoms with E-state index in [1.54, 1.807) is 48.0 Å². The topological polar surface area (TPSA) is 97.9 Å². The predicted molar refractivity (Wildman–Crippen MR) is 139 cm³/mol. The lowest BCUT2D eigenvalue weighted by molar-refractivity contribution is -0.274. The molecule has 0 aliphatic rings. The van der Waals surface area contributed by atoms with Crippen molar-refractivity contribution in [3.05, 3.63) is 87.5 Å². The van der Waals surface area contributed by atoms with Gasteiger partial charge in [0.2, 0.25) is 5.62 Å². The van der Waals surface area contributed by atoms with Crippen LogP contribution in [-0.2, 0) is 18.4 Å². The number of halogens is 5. The quantitative estimate of drug-likeness (QED) is 0.280. The number of hydrogen-bond acceptors (Lipinski definition) is 4.